The molecule has 2 aliphatic heterocycles. The second-order valence-electron chi connectivity index (χ2n) is 7.61. The number of benzene rings is 1. The number of hydrogen-bond donors (Lipinski definition) is 1. The third-order valence-corrected chi connectivity index (χ3v) is 5.62. The maximum atomic E-state index is 5.74. The lowest BCUT2D eigenvalue weighted by Crippen LogP contribution is -2.46. The van der Waals surface area contributed by atoms with Crippen LogP contribution in [0, 0.1) is 0 Å². The van der Waals surface area contributed by atoms with Gasteiger partial charge in [0.05, 0.1) is 19.8 Å². The zero-order chi connectivity index (χ0) is 19.6. The number of hydrogen-bond acceptors (Lipinski definition) is 4. The molecule has 1 unspecified atom stereocenters. The summed E-state index contributed by atoms with van der Waals surface area (Å²) in [5, 5.41) is 3.54. The van der Waals surface area contributed by atoms with Crippen LogP contribution in [0.1, 0.15) is 31.7 Å². The van der Waals surface area contributed by atoms with Crippen molar-refractivity contribution in [3.05, 3.63) is 29.8 Å². The predicted molar refractivity (Wildman–Crippen MR) is 130 cm³/mol. The molecule has 0 amide bonds. The van der Waals surface area contributed by atoms with Crippen LogP contribution in [-0.2, 0) is 11.2 Å². The normalized spacial score (nSPS) is 20.4. The highest BCUT2D eigenvalue weighted by Gasteiger charge is 2.30. The van der Waals surface area contributed by atoms with E-state index < -0.39 is 0 Å². The summed E-state index contributed by atoms with van der Waals surface area (Å²) in [6, 6.07) is 9.11. The van der Waals surface area contributed by atoms with Gasteiger partial charge in [0, 0.05) is 45.8 Å². The minimum atomic E-state index is 0. The summed E-state index contributed by atoms with van der Waals surface area (Å²) < 4.78 is 11.2. The van der Waals surface area contributed by atoms with Crippen molar-refractivity contribution >= 4 is 29.9 Å². The van der Waals surface area contributed by atoms with Gasteiger partial charge in [0.15, 0.2) is 5.96 Å². The molecule has 2 saturated heterocycles. The fraction of sp³-hybridized carbons (Fsp3) is 0.682. The van der Waals surface area contributed by atoms with Gasteiger partial charge in [0.25, 0.3) is 0 Å². The van der Waals surface area contributed by atoms with E-state index in [-0.39, 0.29) is 24.0 Å². The Morgan fingerprint density at radius 3 is 2.66 bits per heavy atom. The van der Waals surface area contributed by atoms with Crippen molar-refractivity contribution in [1.82, 2.24) is 15.1 Å². The molecule has 1 atom stereocenters. The van der Waals surface area contributed by atoms with E-state index in [1.165, 1.54) is 12.0 Å². The molecule has 3 rings (SSSR count). The summed E-state index contributed by atoms with van der Waals surface area (Å²) in [5.74, 6) is 1.99. The highest BCUT2D eigenvalue weighted by atomic mass is 127. The molecule has 29 heavy (non-hydrogen) atoms. The van der Waals surface area contributed by atoms with Crippen molar-refractivity contribution < 1.29 is 9.47 Å². The zero-order valence-corrected chi connectivity index (χ0v) is 20.3. The van der Waals surface area contributed by atoms with E-state index >= 15 is 0 Å². The van der Waals surface area contributed by atoms with Crippen LogP contribution < -0.4 is 10.1 Å². The molecule has 1 N–H and O–H groups in total. The van der Waals surface area contributed by atoms with Gasteiger partial charge in [0.1, 0.15) is 5.75 Å². The molecule has 2 fully saturated rings. The van der Waals surface area contributed by atoms with Crippen molar-refractivity contribution in [2.45, 2.75) is 38.6 Å². The quantitative estimate of drug-likeness (QED) is 0.249. The maximum Gasteiger partial charge on any atom is 0.193 e. The van der Waals surface area contributed by atoms with Crippen LogP contribution in [-0.4, -0.2) is 81.4 Å². The lowest BCUT2D eigenvalue weighted by atomic mass is 10.1. The average molecular weight is 516 g/mol. The summed E-state index contributed by atoms with van der Waals surface area (Å²) in [6.45, 7) is 9.85. The third kappa shape index (κ3) is 7.61. The van der Waals surface area contributed by atoms with Gasteiger partial charge in [0.2, 0.25) is 0 Å². The van der Waals surface area contributed by atoms with Crippen molar-refractivity contribution in [2.75, 3.05) is 59.6 Å². The van der Waals surface area contributed by atoms with Gasteiger partial charge in [-0.3, -0.25) is 9.89 Å². The molecule has 164 valence electrons. The fourth-order valence-corrected chi connectivity index (χ4v) is 3.91. The minimum absolute atomic E-state index is 0. The Hall–Kier alpha value is -1.06. The van der Waals surface area contributed by atoms with Crippen molar-refractivity contribution in [2.24, 2.45) is 4.99 Å². The number of likely N-dealkylation sites (tertiary alicyclic amines) is 1. The van der Waals surface area contributed by atoms with Gasteiger partial charge < -0.3 is 19.7 Å². The van der Waals surface area contributed by atoms with Crippen LogP contribution in [0.5, 0.6) is 5.75 Å². The van der Waals surface area contributed by atoms with E-state index in [4.69, 9.17) is 9.47 Å². The standard InChI is InChI=1S/C22H36N4O2.HI/c1-3-4-15-28-21-7-5-19(6-8-21)9-11-24-22(23-2)26-12-10-20(18-26)25-13-16-27-17-14-25;/h5-8,20H,3-4,9-18H2,1-2H3,(H,23,24);1H. The number of halogens is 1. The topological polar surface area (TPSA) is 49.3 Å². The summed E-state index contributed by atoms with van der Waals surface area (Å²) in [5.41, 5.74) is 1.32. The zero-order valence-electron chi connectivity index (χ0n) is 17.9. The van der Waals surface area contributed by atoms with Gasteiger partial charge in [-0.05, 0) is 37.0 Å². The summed E-state index contributed by atoms with van der Waals surface area (Å²) >= 11 is 0. The Kier molecular flexibility index (Phi) is 11.1. The number of nitrogens with zero attached hydrogens (tertiary/aromatic N) is 3. The molecule has 2 heterocycles. The number of rotatable bonds is 8. The van der Waals surface area contributed by atoms with Crippen LogP contribution in [0.2, 0.25) is 0 Å². The number of guanidine groups is 1. The Labute approximate surface area is 193 Å². The first kappa shape index (κ1) is 24.2. The Balaban J connectivity index is 0.00000300. The van der Waals surface area contributed by atoms with E-state index in [0.717, 1.165) is 83.5 Å². The van der Waals surface area contributed by atoms with Gasteiger partial charge in [-0.15, -0.1) is 24.0 Å². The van der Waals surface area contributed by atoms with Crippen LogP contribution in [0.3, 0.4) is 0 Å². The lowest BCUT2D eigenvalue weighted by molar-refractivity contribution is 0.0195. The molecule has 2 aliphatic rings. The monoisotopic (exact) mass is 516 g/mol. The Morgan fingerprint density at radius 1 is 1.21 bits per heavy atom. The molecule has 1 aromatic carbocycles. The van der Waals surface area contributed by atoms with Gasteiger partial charge in [-0.1, -0.05) is 25.5 Å². The molecule has 0 aromatic heterocycles. The van der Waals surface area contributed by atoms with Crippen LogP contribution in [0.4, 0.5) is 0 Å². The number of nitrogens with one attached hydrogen (secondary N) is 1. The minimum Gasteiger partial charge on any atom is -0.494 e. The molecular weight excluding hydrogens is 479 g/mol. The van der Waals surface area contributed by atoms with Gasteiger partial charge >= 0.3 is 0 Å². The first-order valence-electron chi connectivity index (χ1n) is 10.8. The molecule has 0 saturated carbocycles. The average Bonchev–Trinajstić information content (AvgIpc) is 3.23. The SMILES string of the molecule is CCCCOc1ccc(CCNC(=NC)N2CCC(N3CCOCC3)C2)cc1.I. The third-order valence-electron chi connectivity index (χ3n) is 5.62. The van der Waals surface area contributed by atoms with Crippen LogP contribution in [0.25, 0.3) is 0 Å². The number of ether oxygens (including phenoxy) is 2. The highest BCUT2D eigenvalue weighted by Crippen LogP contribution is 2.17. The molecule has 0 radical (unpaired) electrons. The number of morpholine rings is 1. The Bertz CT molecular complexity index is 605. The van der Waals surface area contributed by atoms with E-state index in [9.17, 15) is 0 Å². The fourth-order valence-electron chi connectivity index (χ4n) is 3.91. The van der Waals surface area contributed by atoms with E-state index in [2.05, 4.69) is 51.3 Å². The summed E-state index contributed by atoms with van der Waals surface area (Å²) in [4.78, 5) is 9.47. The van der Waals surface area contributed by atoms with Crippen LogP contribution >= 0.6 is 24.0 Å². The molecule has 7 heteroatoms. The van der Waals surface area contributed by atoms with E-state index in [1.807, 2.05) is 7.05 Å². The molecule has 0 bridgehead atoms. The first-order valence-corrected chi connectivity index (χ1v) is 10.8. The number of unbranched alkanes of at least 4 members (excludes halogenated alkanes) is 1. The Morgan fingerprint density at radius 2 is 1.97 bits per heavy atom. The molecule has 0 aliphatic carbocycles. The molecule has 6 nitrogen and oxygen atoms in total. The van der Waals surface area contributed by atoms with Crippen molar-refractivity contribution in [1.29, 1.82) is 0 Å². The smallest absolute Gasteiger partial charge is 0.193 e. The number of aliphatic imine (C=N–C) groups is 1. The molecule has 1 aromatic rings. The summed E-state index contributed by atoms with van der Waals surface area (Å²) in [6.07, 6.45) is 4.46. The largest absolute Gasteiger partial charge is 0.494 e. The van der Waals surface area contributed by atoms with Crippen LogP contribution in [0.15, 0.2) is 29.3 Å². The lowest BCUT2D eigenvalue weighted by Gasteiger charge is -2.32. The van der Waals surface area contributed by atoms with Gasteiger partial charge in [-0.2, -0.15) is 0 Å². The van der Waals surface area contributed by atoms with E-state index in [1.54, 1.807) is 0 Å². The molecule has 0 spiro atoms. The summed E-state index contributed by atoms with van der Waals surface area (Å²) in [7, 11) is 1.88. The predicted octanol–water partition coefficient (Wildman–Crippen LogP) is 3.01. The second-order valence-corrected chi connectivity index (χ2v) is 7.61. The highest BCUT2D eigenvalue weighted by molar-refractivity contribution is 14.0. The van der Waals surface area contributed by atoms with Gasteiger partial charge in [-0.25, -0.2) is 0 Å². The van der Waals surface area contributed by atoms with Crippen molar-refractivity contribution in [3.63, 3.8) is 0 Å². The second kappa shape index (κ2) is 13.3. The first-order chi connectivity index (χ1) is 13.8. The van der Waals surface area contributed by atoms with Crippen molar-refractivity contribution in [3.8, 4) is 5.75 Å². The van der Waals surface area contributed by atoms with E-state index in [0.29, 0.717) is 6.04 Å². The maximum absolute atomic E-state index is 5.74. The molecular formula is C22H37IN4O2.